The van der Waals surface area contributed by atoms with Crippen LogP contribution in [0.15, 0.2) is 90.0 Å². The minimum atomic E-state index is -0.894. The van der Waals surface area contributed by atoms with Gasteiger partial charge in [-0.2, -0.15) is 5.10 Å². The zero-order valence-corrected chi connectivity index (χ0v) is 16.8. The highest BCUT2D eigenvalue weighted by atomic mass is 32.2. The van der Waals surface area contributed by atoms with Gasteiger partial charge in [0.05, 0.1) is 11.5 Å². The topological polar surface area (TPSA) is 88.0 Å². The first-order valence-electron chi connectivity index (χ1n) is 9.16. The molecule has 2 N–H and O–H groups in total. The fraction of sp³-hybridized carbons (Fsp3) is 0.0870. The molecular weight excluding hydrogens is 400 g/mol. The standard InChI is InChI=1S/C23H20N2O4S/c26-22(27)16-30-15-21(17-7-3-1-4-8-17)24-25-23(28)18-11-13-20(14-12-18)29-19-9-5-2-6-10-19/h1-14H,15-16H2,(H,25,28)(H,26,27)/b24-21-. The third-order valence-corrected chi connectivity index (χ3v) is 4.89. The summed E-state index contributed by atoms with van der Waals surface area (Å²) in [5.74, 6) is 0.400. The van der Waals surface area contributed by atoms with E-state index >= 15 is 0 Å². The Hall–Kier alpha value is -3.58. The van der Waals surface area contributed by atoms with Crippen molar-refractivity contribution in [2.45, 2.75) is 0 Å². The molecular formula is C23H20N2O4S. The van der Waals surface area contributed by atoms with Gasteiger partial charge in [0.2, 0.25) is 0 Å². The Morgan fingerprint density at radius 2 is 1.40 bits per heavy atom. The second-order valence-corrected chi connectivity index (χ2v) is 7.18. The van der Waals surface area contributed by atoms with Gasteiger partial charge in [-0.3, -0.25) is 9.59 Å². The number of carboxylic acid groups (broad SMARTS) is 1. The minimum absolute atomic E-state index is 0.0390. The number of hydrazone groups is 1. The summed E-state index contributed by atoms with van der Waals surface area (Å²) in [5.41, 5.74) is 4.41. The van der Waals surface area contributed by atoms with Crippen LogP contribution in [0, 0.1) is 0 Å². The molecule has 3 rings (SSSR count). The van der Waals surface area contributed by atoms with Crippen molar-refractivity contribution in [2.75, 3.05) is 11.5 Å². The van der Waals surface area contributed by atoms with Gasteiger partial charge in [0, 0.05) is 11.3 Å². The van der Waals surface area contributed by atoms with Crippen LogP contribution in [0.2, 0.25) is 0 Å². The highest BCUT2D eigenvalue weighted by Gasteiger charge is 2.09. The Labute approximate surface area is 178 Å². The molecule has 0 unspecified atom stereocenters. The third-order valence-electron chi connectivity index (χ3n) is 3.96. The van der Waals surface area contributed by atoms with E-state index in [0.29, 0.717) is 28.5 Å². The number of carboxylic acids is 1. The highest BCUT2D eigenvalue weighted by Crippen LogP contribution is 2.21. The van der Waals surface area contributed by atoms with E-state index in [4.69, 9.17) is 9.84 Å². The van der Waals surface area contributed by atoms with Gasteiger partial charge in [-0.25, -0.2) is 5.43 Å². The minimum Gasteiger partial charge on any atom is -0.481 e. The van der Waals surface area contributed by atoms with E-state index in [9.17, 15) is 9.59 Å². The molecule has 0 aliphatic carbocycles. The Morgan fingerprint density at radius 1 is 0.800 bits per heavy atom. The van der Waals surface area contributed by atoms with E-state index in [-0.39, 0.29) is 11.7 Å². The van der Waals surface area contributed by atoms with Crippen LogP contribution in [-0.2, 0) is 4.79 Å². The lowest BCUT2D eigenvalue weighted by Gasteiger charge is -2.08. The molecule has 3 aromatic carbocycles. The maximum Gasteiger partial charge on any atom is 0.313 e. The summed E-state index contributed by atoms with van der Waals surface area (Å²) in [6, 6.07) is 25.4. The van der Waals surface area contributed by atoms with Crippen molar-refractivity contribution in [3.05, 3.63) is 96.1 Å². The summed E-state index contributed by atoms with van der Waals surface area (Å²) in [5, 5.41) is 13.1. The number of thioether (sulfide) groups is 1. The fourth-order valence-electron chi connectivity index (χ4n) is 2.53. The fourth-order valence-corrected chi connectivity index (χ4v) is 3.23. The molecule has 1 amide bonds. The van der Waals surface area contributed by atoms with Crippen LogP contribution in [0.25, 0.3) is 0 Å². The number of ether oxygens (including phenoxy) is 1. The van der Waals surface area contributed by atoms with Crippen LogP contribution in [0.3, 0.4) is 0 Å². The van der Waals surface area contributed by atoms with Crippen molar-refractivity contribution < 1.29 is 19.4 Å². The number of aliphatic carboxylic acids is 1. The molecule has 0 aromatic heterocycles. The molecule has 30 heavy (non-hydrogen) atoms. The maximum absolute atomic E-state index is 12.5. The molecule has 3 aromatic rings. The molecule has 0 spiro atoms. The maximum atomic E-state index is 12.5. The number of nitrogens with zero attached hydrogens (tertiary/aromatic N) is 1. The van der Waals surface area contributed by atoms with Crippen LogP contribution in [0.5, 0.6) is 11.5 Å². The number of para-hydroxylation sites is 1. The molecule has 152 valence electrons. The number of hydrogen-bond acceptors (Lipinski definition) is 5. The lowest BCUT2D eigenvalue weighted by molar-refractivity contribution is -0.133. The monoisotopic (exact) mass is 420 g/mol. The summed E-state index contributed by atoms with van der Waals surface area (Å²) < 4.78 is 5.72. The summed E-state index contributed by atoms with van der Waals surface area (Å²) >= 11 is 1.22. The molecule has 0 aliphatic rings. The number of amides is 1. The van der Waals surface area contributed by atoms with Crippen molar-refractivity contribution in [1.29, 1.82) is 0 Å². The average molecular weight is 420 g/mol. The number of nitrogens with one attached hydrogen (secondary N) is 1. The highest BCUT2D eigenvalue weighted by molar-refractivity contribution is 8.00. The Balaban J connectivity index is 1.66. The molecule has 0 bridgehead atoms. The second kappa shape index (κ2) is 10.8. The molecule has 0 saturated heterocycles. The Kier molecular flexibility index (Phi) is 7.63. The van der Waals surface area contributed by atoms with Gasteiger partial charge in [-0.15, -0.1) is 11.8 Å². The van der Waals surface area contributed by atoms with Gasteiger partial charge in [-0.1, -0.05) is 48.5 Å². The second-order valence-electron chi connectivity index (χ2n) is 6.19. The molecule has 0 radical (unpaired) electrons. The van der Waals surface area contributed by atoms with E-state index in [0.717, 1.165) is 5.56 Å². The lowest BCUT2D eigenvalue weighted by atomic mass is 10.1. The van der Waals surface area contributed by atoms with Gasteiger partial charge >= 0.3 is 5.97 Å². The summed E-state index contributed by atoms with van der Waals surface area (Å²) in [7, 11) is 0. The smallest absolute Gasteiger partial charge is 0.313 e. The third kappa shape index (κ3) is 6.49. The van der Waals surface area contributed by atoms with Crippen LogP contribution in [0.4, 0.5) is 0 Å². The number of benzene rings is 3. The zero-order valence-electron chi connectivity index (χ0n) is 16.0. The first-order chi connectivity index (χ1) is 14.6. The Morgan fingerprint density at radius 3 is 2.03 bits per heavy atom. The lowest BCUT2D eigenvalue weighted by Crippen LogP contribution is -2.21. The van der Waals surface area contributed by atoms with E-state index in [1.165, 1.54) is 11.8 Å². The Bertz CT molecular complexity index is 1010. The van der Waals surface area contributed by atoms with Crippen LogP contribution in [0.1, 0.15) is 15.9 Å². The quantitative estimate of drug-likeness (QED) is 0.395. The number of rotatable bonds is 9. The van der Waals surface area contributed by atoms with Crippen LogP contribution < -0.4 is 10.2 Å². The molecule has 0 aliphatic heterocycles. The van der Waals surface area contributed by atoms with Crippen molar-refractivity contribution in [2.24, 2.45) is 5.10 Å². The number of hydrogen-bond donors (Lipinski definition) is 2. The summed E-state index contributed by atoms with van der Waals surface area (Å²) in [6.07, 6.45) is 0. The SMILES string of the molecule is O=C(O)CSC/C(=N/NC(=O)c1ccc(Oc2ccccc2)cc1)c1ccccc1. The number of carbonyl (C=O) groups excluding carboxylic acids is 1. The van der Waals surface area contributed by atoms with Crippen molar-refractivity contribution >= 4 is 29.4 Å². The van der Waals surface area contributed by atoms with Gasteiger partial charge < -0.3 is 9.84 Å². The van der Waals surface area contributed by atoms with Gasteiger partial charge in [0.25, 0.3) is 5.91 Å². The van der Waals surface area contributed by atoms with Crippen molar-refractivity contribution in [1.82, 2.24) is 5.43 Å². The molecule has 0 saturated carbocycles. The average Bonchev–Trinajstić information content (AvgIpc) is 2.77. The van der Waals surface area contributed by atoms with Crippen molar-refractivity contribution in [3.8, 4) is 11.5 Å². The molecule has 6 nitrogen and oxygen atoms in total. The summed E-state index contributed by atoms with van der Waals surface area (Å²) in [4.78, 5) is 23.2. The van der Waals surface area contributed by atoms with Gasteiger partial charge in [-0.05, 0) is 42.0 Å². The predicted octanol–water partition coefficient (Wildman–Crippen LogP) is 4.43. The van der Waals surface area contributed by atoms with Gasteiger partial charge in [0.15, 0.2) is 0 Å². The molecule has 0 atom stereocenters. The normalized spacial score (nSPS) is 11.0. The van der Waals surface area contributed by atoms with E-state index in [2.05, 4.69) is 10.5 Å². The molecule has 7 heteroatoms. The van der Waals surface area contributed by atoms with E-state index < -0.39 is 5.97 Å². The number of carbonyl (C=O) groups is 2. The van der Waals surface area contributed by atoms with Gasteiger partial charge in [0.1, 0.15) is 11.5 Å². The van der Waals surface area contributed by atoms with Crippen LogP contribution >= 0.6 is 11.8 Å². The predicted molar refractivity (Wildman–Crippen MR) is 118 cm³/mol. The van der Waals surface area contributed by atoms with E-state index in [1.807, 2.05) is 60.7 Å². The first kappa shape index (κ1) is 21.1. The van der Waals surface area contributed by atoms with E-state index in [1.54, 1.807) is 24.3 Å². The van der Waals surface area contributed by atoms with Crippen LogP contribution in [-0.4, -0.2) is 34.2 Å². The van der Waals surface area contributed by atoms with Crippen molar-refractivity contribution in [3.63, 3.8) is 0 Å². The molecule has 0 heterocycles. The summed E-state index contributed by atoms with van der Waals surface area (Å²) in [6.45, 7) is 0. The molecule has 0 fully saturated rings. The zero-order chi connectivity index (χ0) is 21.2. The largest absolute Gasteiger partial charge is 0.481 e. The first-order valence-corrected chi connectivity index (χ1v) is 10.3.